The Morgan fingerprint density at radius 3 is 2.60 bits per heavy atom. The summed E-state index contributed by atoms with van der Waals surface area (Å²) in [5, 5.41) is 5.97. The Labute approximate surface area is 124 Å². The lowest BCUT2D eigenvalue weighted by Crippen LogP contribution is -2.38. The molecule has 3 rings (SSSR count). The van der Waals surface area contributed by atoms with Gasteiger partial charge in [-0.05, 0) is 35.8 Å². The number of nitrogens with one attached hydrogen (secondary N) is 1. The van der Waals surface area contributed by atoms with Gasteiger partial charge in [0, 0.05) is 18.0 Å². The van der Waals surface area contributed by atoms with Gasteiger partial charge in [0.05, 0.1) is 12.6 Å². The normalized spacial score (nSPS) is 17.9. The second-order valence-electron chi connectivity index (χ2n) is 5.43. The molecule has 0 saturated heterocycles. The van der Waals surface area contributed by atoms with Crippen LogP contribution in [0.15, 0.2) is 47.8 Å². The van der Waals surface area contributed by atoms with Crippen molar-refractivity contribution in [3.63, 3.8) is 0 Å². The van der Waals surface area contributed by atoms with Crippen LogP contribution in [0.4, 0.5) is 0 Å². The van der Waals surface area contributed by atoms with Gasteiger partial charge in [0.1, 0.15) is 0 Å². The van der Waals surface area contributed by atoms with E-state index in [2.05, 4.69) is 53.2 Å². The van der Waals surface area contributed by atoms with Crippen LogP contribution in [0.5, 0.6) is 0 Å². The zero-order valence-corrected chi connectivity index (χ0v) is 12.6. The van der Waals surface area contributed by atoms with Crippen LogP contribution in [0.25, 0.3) is 0 Å². The van der Waals surface area contributed by atoms with Crippen molar-refractivity contribution in [3.8, 4) is 0 Å². The van der Waals surface area contributed by atoms with Crippen molar-refractivity contribution in [2.24, 2.45) is 5.92 Å². The molecule has 106 valence electrons. The van der Waals surface area contributed by atoms with Gasteiger partial charge in [0.15, 0.2) is 0 Å². The lowest BCUT2D eigenvalue weighted by Gasteiger charge is -2.25. The summed E-state index contributed by atoms with van der Waals surface area (Å²) < 4.78 is 5.40. The van der Waals surface area contributed by atoms with Crippen LogP contribution >= 0.6 is 11.3 Å². The Hall–Kier alpha value is -1.16. The van der Waals surface area contributed by atoms with Crippen molar-refractivity contribution < 1.29 is 4.74 Å². The van der Waals surface area contributed by atoms with Crippen LogP contribution in [0.2, 0.25) is 0 Å². The van der Waals surface area contributed by atoms with Crippen molar-refractivity contribution in [1.29, 1.82) is 0 Å². The van der Waals surface area contributed by atoms with E-state index in [-0.39, 0.29) is 6.04 Å². The number of ether oxygens (including phenoxy) is 1. The van der Waals surface area contributed by atoms with E-state index in [0.29, 0.717) is 6.04 Å². The Bertz CT molecular complexity index is 507. The topological polar surface area (TPSA) is 21.3 Å². The monoisotopic (exact) mass is 287 g/mol. The van der Waals surface area contributed by atoms with Crippen molar-refractivity contribution in [1.82, 2.24) is 5.32 Å². The minimum atomic E-state index is 0.275. The summed E-state index contributed by atoms with van der Waals surface area (Å²) in [7, 11) is 1.79. The molecule has 1 aliphatic rings. The Morgan fingerprint density at radius 1 is 1.20 bits per heavy atom. The molecular formula is C17H21NOS. The molecule has 1 heterocycles. The molecule has 1 N–H and O–H groups in total. The van der Waals surface area contributed by atoms with Crippen LogP contribution in [0.1, 0.15) is 29.3 Å². The molecule has 0 amide bonds. The largest absolute Gasteiger partial charge is 0.383 e. The lowest BCUT2D eigenvalue weighted by atomic mass is 10.0. The second-order valence-corrected chi connectivity index (χ2v) is 6.40. The van der Waals surface area contributed by atoms with Crippen LogP contribution < -0.4 is 5.32 Å². The van der Waals surface area contributed by atoms with E-state index >= 15 is 0 Å². The van der Waals surface area contributed by atoms with Gasteiger partial charge >= 0.3 is 0 Å². The van der Waals surface area contributed by atoms with Gasteiger partial charge in [-0.25, -0.2) is 0 Å². The fourth-order valence-electron chi connectivity index (χ4n) is 2.66. The van der Waals surface area contributed by atoms with Crippen LogP contribution in [-0.2, 0) is 4.74 Å². The lowest BCUT2D eigenvalue weighted by molar-refractivity contribution is 0.154. The summed E-state index contributed by atoms with van der Waals surface area (Å²) in [6.07, 6.45) is 2.65. The second kappa shape index (κ2) is 6.53. The summed E-state index contributed by atoms with van der Waals surface area (Å²) in [4.78, 5) is 1.37. The van der Waals surface area contributed by atoms with Gasteiger partial charge in [-0.2, -0.15) is 0 Å². The molecule has 1 aromatic heterocycles. The van der Waals surface area contributed by atoms with Gasteiger partial charge in [-0.1, -0.05) is 36.4 Å². The molecule has 0 radical (unpaired) electrons. The molecule has 0 spiro atoms. The van der Waals surface area contributed by atoms with Gasteiger partial charge in [0.2, 0.25) is 0 Å². The maximum absolute atomic E-state index is 5.40. The van der Waals surface area contributed by atoms with Gasteiger partial charge in [-0.15, -0.1) is 11.3 Å². The summed E-state index contributed by atoms with van der Waals surface area (Å²) in [5.74, 6) is 0.779. The number of methoxy groups -OCH3 is 1. The average molecular weight is 287 g/mol. The molecule has 1 saturated carbocycles. The van der Waals surface area contributed by atoms with Crippen molar-refractivity contribution in [2.75, 3.05) is 13.7 Å². The van der Waals surface area contributed by atoms with E-state index in [1.807, 2.05) is 11.3 Å². The highest BCUT2D eigenvalue weighted by atomic mass is 32.1. The van der Waals surface area contributed by atoms with Crippen LogP contribution in [-0.4, -0.2) is 19.8 Å². The zero-order valence-electron chi connectivity index (χ0n) is 11.8. The third-order valence-corrected chi connectivity index (χ3v) is 4.82. The summed E-state index contributed by atoms with van der Waals surface area (Å²) in [6.45, 7) is 0.791. The third kappa shape index (κ3) is 3.29. The number of benzene rings is 1. The van der Waals surface area contributed by atoms with Gasteiger partial charge in [0.25, 0.3) is 0 Å². The summed E-state index contributed by atoms with van der Waals surface area (Å²) >= 11 is 1.81. The van der Waals surface area contributed by atoms with Crippen molar-refractivity contribution in [3.05, 3.63) is 58.3 Å². The number of rotatable bonds is 7. The molecule has 1 fully saturated rings. The molecule has 2 unspecified atom stereocenters. The van der Waals surface area contributed by atoms with Crippen molar-refractivity contribution in [2.45, 2.75) is 24.9 Å². The molecule has 2 aromatic rings. The summed E-state index contributed by atoms with van der Waals surface area (Å²) in [5.41, 5.74) is 1.33. The zero-order chi connectivity index (χ0) is 13.8. The molecular weight excluding hydrogens is 266 g/mol. The standard InChI is InChI=1S/C17H21NOS/c1-19-12-15(13-9-10-13)18-17(16-8-5-11-20-16)14-6-3-2-4-7-14/h2-8,11,13,15,17-18H,9-10,12H2,1H3. The highest BCUT2D eigenvalue weighted by Gasteiger charge is 2.33. The maximum Gasteiger partial charge on any atom is 0.0674 e. The highest BCUT2D eigenvalue weighted by Crippen LogP contribution is 2.35. The van der Waals surface area contributed by atoms with E-state index in [1.165, 1.54) is 23.3 Å². The molecule has 20 heavy (non-hydrogen) atoms. The van der Waals surface area contributed by atoms with Crippen LogP contribution in [0, 0.1) is 5.92 Å². The van der Waals surface area contributed by atoms with Crippen LogP contribution in [0.3, 0.4) is 0 Å². The molecule has 3 heteroatoms. The molecule has 2 atom stereocenters. The fraction of sp³-hybridized carbons (Fsp3) is 0.412. The Balaban J connectivity index is 1.82. The molecule has 1 aliphatic carbocycles. The molecule has 0 bridgehead atoms. The van der Waals surface area contributed by atoms with E-state index < -0.39 is 0 Å². The smallest absolute Gasteiger partial charge is 0.0674 e. The molecule has 0 aliphatic heterocycles. The Morgan fingerprint density at radius 2 is 2.00 bits per heavy atom. The fourth-order valence-corrected chi connectivity index (χ4v) is 3.47. The van der Waals surface area contributed by atoms with E-state index in [9.17, 15) is 0 Å². The first kappa shape index (κ1) is 13.8. The van der Waals surface area contributed by atoms with E-state index in [4.69, 9.17) is 4.74 Å². The predicted octanol–water partition coefficient (Wildman–Crippen LogP) is 3.85. The SMILES string of the molecule is COCC(NC(c1ccccc1)c1cccs1)C1CC1. The minimum Gasteiger partial charge on any atom is -0.383 e. The first-order chi connectivity index (χ1) is 9.88. The van der Waals surface area contributed by atoms with E-state index in [0.717, 1.165) is 12.5 Å². The summed E-state index contributed by atoms with van der Waals surface area (Å²) in [6, 6.07) is 15.8. The first-order valence-electron chi connectivity index (χ1n) is 7.22. The maximum atomic E-state index is 5.40. The Kier molecular flexibility index (Phi) is 4.51. The molecule has 2 nitrogen and oxygen atoms in total. The number of thiophene rings is 1. The van der Waals surface area contributed by atoms with Gasteiger partial charge < -0.3 is 10.1 Å². The minimum absolute atomic E-state index is 0.275. The number of hydrogen-bond acceptors (Lipinski definition) is 3. The highest BCUT2D eigenvalue weighted by molar-refractivity contribution is 7.10. The van der Waals surface area contributed by atoms with Gasteiger partial charge in [-0.3, -0.25) is 0 Å². The molecule has 1 aromatic carbocycles. The number of hydrogen-bond donors (Lipinski definition) is 1. The average Bonchev–Trinajstić information content (AvgIpc) is 3.20. The quantitative estimate of drug-likeness (QED) is 0.835. The first-order valence-corrected chi connectivity index (χ1v) is 8.10. The predicted molar refractivity (Wildman–Crippen MR) is 84.1 cm³/mol. The third-order valence-electron chi connectivity index (χ3n) is 3.88. The van der Waals surface area contributed by atoms with E-state index in [1.54, 1.807) is 7.11 Å². The van der Waals surface area contributed by atoms with Crippen molar-refractivity contribution >= 4 is 11.3 Å².